The molecule has 0 aliphatic carbocycles. The van der Waals surface area contributed by atoms with E-state index in [9.17, 15) is 0 Å². The fourth-order valence-corrected chi connectivity index (χ4v) is 3.58. The van der Waals surface area contributed by atoms with E-state index in [2.05, 4.69) is 42.5 Å². The number of rotatable bonds is 4. The van der Waals surface area contributed by atoms with E-state index < -0.39 is 0 Å². The summed E-state index contributed by atoms with van der Waals surface area (Å²) in [5.41, 5.74) is 5.53. The van der Waals surface area contributed by atoms with Gasteiger partial charge in [0.05, 0.1) is 37.0 Å². The number of hydrogen-bond acceptors (Lipinski definition) is 7. The highest BCUT2D eigenvalue weighted by atomic mass is 16.5. The number of nitrogens with zero attached hydrogens (tertiary/aromatic N) is 7. The molecule has 5 rings (SSSR count). The maximum absolute atomic E-state index is 5.42. The number of fused-ring (bicyclic) bond motifs is 1. The molecule has 9 heteroatoms. The quantitative estimate of drug-likeness (QED) is 0.573. The van der Waals surface area contributed by atoms with Crippen LogP contribution in [0.25, 0.3) is 16.9 Å². The molecule has 1 aliphatic rings. The number of morpholine rings is 1. The summed E-state index contributed by atoms with van der Waals surface area (Å²) in [5, 5.41) is 12.2. The van der Waals surface area contributed by atoms with Crippen LogP contribution in [0.2, 0.25) is 0 Å². The van der Waals surface area contributed by atoms with Crippen molar-refractivity contribution in [1.82, 2.24) is 29.4 Å². The second kappa shape index (κ2) is 7.17. The van der Waals surface area contributed by atoms with Gasteiger partial charge in [-0.25, -0.2) is 4.52 Å². The lowest BCUT2D eigenvalue weighted by Gasteiger charge is -2.28. The first kappa shape index (κ1) is 17.6. The minimum atomic E-state index is 0.529. The lowest BCUT2D eigenvalue weighted by molar-refractivity contribution is 0.122. The largest absolute Gasteiger partial charge is 0.378 e. The minimum Gasteiger partial charge on any atom is -0.378 e. The van der Waals surface area contributed by atoms with Crippen molar-refractivity contribution in [3.8, 4) is 11.3 Å². The van der Waals surface area contributed by atoms with E-state index in [1.165, 1.54) is 5.69 Å². The van der Waals surface area contributed by atoms with Crippen LogP contribution in [0.3, 0.4) is 0 Å². The number of aromatic nitrogens is 6. The number of anilines is 3. The van der Waals surface area contributed by atoms with Gasteiger partial charge in [-0.3, -0.25) is 9.67 Å². The highest BCUT2D eigenvalue weighted by molar-refractivity contribution is 5.65. The van der Waals surface area contributed by atoms with E-state index in [0.717, 1.165) is 48.9 Å². The Hall–Kier alpha value is -3.46. The third-order valence-electron chi connectivity index (χ3n) is 5.04. The van der Waals surface area contributed by atoms with E-state index in [0.29, 0.717) is 11.6 Å². The Balaban J connectivity index is 1.42. The maximum Gasteiger partial charge on any atom is 0.247 e. The Morgan fingerprint density at radius 3 is 2.59 bits per heavy atom. The van der Waals surface area contributed by atoms with Crippen LogP contribution in [0, 0.1) is 6.92 Å². The summed E-state index contributed by atoms with van der Waals surface area (Å²) in [6.07, 6.45) is 5.49. The molecular formula is C20H22N8O. The Labute approximate surface area is 168 Å². The fraction of sp³-hybridized carbons (Fsp3) is 0.300. The van der Waals surface area contributed by atoms with E-state index in [-0.39, 0.29) is 0 Å². The molecule has 0 spiro atoms. The molecule has 1 N–H and O–H groups in total. The second-order valence-corrected chi connectivity index (χ2v) is 7.07. The number of ether oxygens (including phenoxy) is 1. The highest BCUT2D eigenvalue weighted by Crippen LogP contribution is 2.24. The van der Waals surface area contributed by atoms with Crippen molar-refractivity contribution < 1.29 is 4.74 Å². The summed E-state index contributed by atoms with van der Waals surface area (Å²) in [6, 6.07) is 8.30. The summed E-state index contributed by atoms with van der Waals surface area (Å²) < 4.78 is 8.99. The normalized spacial score (nSPS) is 14.5. The third-order valence-corrected chi connectivity index (χ3v) is 5.04. The molecule has 0 saturated carbocycles. The van der Waals surface area contributed by atoms with Gasteiger partial charge in [0.15, 0.2) is 5.65 Å². The van der Waals surface area contributed by atoms with Gasteiger partial charge in [-0.1, -0.05) is 0 Å². The van der Waals surface area contributed by atoms with Gasteiger partial charge in [-0.15, -0.1) is 5.10 Å². The lowest BCUT2D eigenvalue weighted by atomic mass is 10.2. The molecule has 1 aliphatic heterocycles. The van der Waals surface area contributed by atoms with Gasteiger partial charge in [-0.05, 0) is 31.2 Å². The van der Waals surface area contributed by atoms with Crippen LogP contribution >= 0.6 is 0 Å². The molecule has 0 atom stereocenters. The molecule has 0 amide bonds. The van der Waals surface area contributed by atoms with Crippen molar-refractivity contribution in [3.63, 3.8) is 0 Å². The first-order chi connectivity index (χ1) is 14.2. The van der Waals surface area contributed by atoms with Crippen molar-refractivity contribution in [2.45, 2.75) is 6.92 Å². The summed E-state index contributed by atoms with van der Waals surface area (Å²) in [4.78, 5) is 11.4. The second-order valence-electron chi connectivity index (χ2n) is 7.07. The topological polar surface area (TPSA) is 85.4 Å². The summed E-state index contributed by atoms with van der Waals surface area (Å²) in [5.74, 6) is 0.529. The van der Waals surface area contributed by atoms with Gasteiger partial charge in [0.25, 0.3) is 0 Å². The first-order valence-electron chi connectivity index (χ1n) is 9.58. The van der Waals surface area contributed by atoms with Crippen LogP contribution in [-0.4, -0.2) is 55.7 Å². The van der Waals surface area contributed by atoms with Crippen molar-refractivity contribution in [3.05, 3.63) is 48.5 Å². The SMILES string of the molecule is Cc1ncc2nc(Nc3ccc(N4CCOCC4)cc3)nn2c1-c1cnn(C)c1. The zero-order chi connectivity index (χ0) is 19.8. The summed E-state index contributed by atoms with van der Waals surface area (Å²) in [6.45, 7) is 5.35. The van der Waals surface area contributed by atoms with Gasteiger partial charge >= 0.3 is 0 Å². The predicted octanol–water partition coefficient (Wildman–Crippen LogP) is 2.41. The van der Waals surface area contributed by atoms with Crippen molar-refractivity contribution in [2.24, 2.45) is 7.05 Å². The number of nitrogens with one attached hydrogen (secondary N) is 1. The Morgan fingerprint density at radius 2 is 1.86 bits per heavy atom. The standard InChI is InChI=1S/C20H22N8O/c1-14-19(15-11-22-26(2)13-15)28-18(12-21-14)24-20(25-28)23-16-3-5-17(6-4-16)27-7-9-29-10-8-27/h3-6,11-13H,7-10H2,1-2H3,(H,23,25). The van der Waals surface area contributed by atoms with Crippen LogP contribution in [0.1, 0.15) is 5.69 Å². The Kier molecular flexibility index (Phi) is 4.36. The van der Waals surface area contributed by atoms with Crippen LogP contribution in [-0.2, 0) is 11.8 Å². The van der Waals surface area contributed by atoms with Crippen molar-refractivity contribution in [2.75, 3.05) is 36.5 Å². The van der Waals surface area contributed by atoms with Crippen LogP contribution in [0.15, 0.2) is 42.9 Å². The molecule has 0 radical (unpaired) electrons. The van der Waals surface area contributed by atoms with Gasteiger partial charge in [0, 0.05) is 43.3 Å². The smallest absolute Gasteiger partial charge is 0.247 e. The average Bonchev–Trinajstić information content (AvgIpc) is 3.35. The van der Waals surface area contributed by atoms with Crippen LogP contribution < -0.4 is 10.2 Å². The highest BCUT2D eigenvalue weighted by Gasteiger charge is 2.15. The molecule has 29 heavy (non-hydrogen) atoms. The van der Waals surface area contributed by atoms with Gasteiger partial charge in [-0.2, -0.15) is 10.1 Å². The molecule has 1 aromatic carbocycles. The molecule has 148 valence electrons. The monoisotopic (exact) mass is 390 g/mol. The molecule has 3 aromatic heterocycles. The van der Waals surface area contributed by atoms with Gasteiger partial charge in [0.1, 0.15) is 0 Å². The molecule has 1 fully saturated rings. The fourth-order valence-electron chi connectivity index (χ4n) is 3.58. The number of aryl methyl sites for hydroxylation is 2. The van der Waals surface area contributed by atoms with Crippen molar-refractivity contribution >= 4 is 23.0 Å². The van der Waals surface area contributed by atoms with E-state index >= 15 is 0 Å². The van der Waals surface area contributed by atoms with E-state index in [4.69, 9.17) is 4.74 Å². The molecule has 4 heterocycles. The summed E-state index contributed by atoms with van der Waals surface area (Å²) in [7, 11) is 1.89. The Bertz CT molecular complexity index is 1140. The van der Waals surface area contributed by atoms with E-state index in [1.807, 2.05) is 43.0 Å². The maximum atomic E-state index is 5.42. The van der Waals surface area contributed by atoms with Crippen LogP contribution in [0.4, 0.5) is 17.3 Å². The zero-order valence-electron chi connectivity index (χ0n) is 16.4. The number of hydrogen-bond donors (Lipinski definition) is 1. The predicted molar refractivity (Wildman–Crippen MR) is 110 cm³/mol. The van der Waals surface area contributed by atoms with E-state index in [1.54, 1.807) is 10.9 Å². The Morgan fingerprint density at radius 1 is 1.07 bits per heavy atom. The molecule has 1 saturated heterocycles. The van der Waals surface area contributed by atoms with Crippen molar-refractivity contribution in [1.29, 1.82) is 0 Å². The first-order valence-corrected chi connectivity index (χ1v) is 9.58. The molecule has 9 nitrogen and oxygen atoms in total. The minimum absolute atomic E-state index is 0.529. The molecule has 4 aromatic rings. The molecule has 0 unspecified atom stereocenters. The zero-order valence-corrected chi connectivity index (χ0v) is 16.4. The third kappa shape index (κ3) is 3.40. The van der Waals surface area contributed by atoms with Gasteiger partial charge < -0.3 is 15.0 Å². The van der Waals surface area contributed by atoms with Gasteiger partial charge in [0.2, 0.25) is 5.95 Å². The number of benzene rings is 1. The van der Waals surface area contributed by atoms with Crippen LogP contribution in [0.5, 0.6) is 0 Å². The molecule has 0 bridgehead atoms. The average molecular weight is 390 g/mol. The summed E-state index contributed by atoms with van der Waals surface area (Å²) >= 11 is 0. The lowest BCUT2D eigenvalue weighted by Crippen LogP contribution is -2.36. The molecular weight excluding hydrogens is 368 g/mol.